The first-order valence-electron chi connectivity index (χ1n) is 8.03. The molecule has 0 unspecified atom stereocenters. The third-order valence-electron chi connectivity index (χ3n) is 5.03. The molecule has 4 rings (SSSR count). The van der Waals surface area contributed by atoms with Crippen LogP contribution in [0.1, 0.15) is 24.2 Å². The fourth-order valence-electron chi connectivity index (χ4n) is 3.96. The molecule has 1 spiro atoms. The molecule has 9 heteroatoms. The summed E-state index contributed by atoms with van der Waals surface area (Å²) in [5, 5.41) is 0. The van der Waals surface area contributed by atoms with Gasteiger partial charge in [-0.1, -0.05) is 0 Å². The minimum Gasteiger partial charge on any atom is -0.348 e. The third-order valence-corrected chi connectivity index (χ3v) is 6.36. The van der Waals surface area contributed by atoms with Crippen LogP contribution in [0.5, 0.6) is 0 Å². The first kappa shape index (κ1) is 15.5. The summed E-state index contributed by atoms with van der Waals surface area (Å²) in [4.78, 5) is 18.4. The van der Waals surface area contributed by atoms with Gasteiger partial charge in [-0.25, -0.2) is 23.4 Å². The molecule has 128 valence electrons. The molecule has 0 radical (unpaired) electrons. The summed E-state index contributed by atoms with van der Waals surface area (Å²) in [5.74, 6) is 0.691. The Labute approximate surface area is 141 Å². The molecule has 24 heavy (non-hydrogen) atoms. The van der Waals surface area contributed by atoms with E-state index in [1.807, 2.05) is 0 Å². The number of H-pyrrole nitrogens is 1. The number of hydrogen-bond donors (Lipinski definition) is 1. The zero-order valence-electron chi connectivity index (χ0n) is 13.5. The fraction of sp³-hybridized carbons (Fsp3) is 0.533. The number of anilines is 1. The van der Waals surface area contributed by atoms with Crippen molar-refractivity contribution >= 4 is 16.0 Å². The zero-order chi connectivity index (χ0) is 16.8. The Morgan fingerprint density at radius 3 is 2.50 bits per heavy atom. The van der Waals surface area contributed by atoms with Gasteiger partial charge in [0.1, 0.15) is 0 Å². The van der Waals surface area contributed by atoms with Crippen LogP contribution in [-0.2, 0) is 22.0 Å². The van der Waals surface area contributed by atoms with Crippen LogP contribution in [0.2, 0.25) is 0 Å². The topological polar surface area (TPSA) is 95.1 Å². The average Bonchev–Trinajstić information content (AvgIpc) is 3.05. The second-order valence-electron chi connectivity index (χ2n) is 6.38. The molecule has 0 bridgehead atoms. The molecule has 8 nitrogen and oxygen atoms in total. The van der Waals surface area contributed by atoms with Gasteiger partial charge in [0, 0.05) is 44.1 Å². The summed E-state index contributed by atoms with van der Waals surface area (Å²) in [5.41, 5.74) is 1.37. The molecule has 0 amide bonds. The fourth-order valence-corrected chi connectivity index (χ4v) is 5.29. The van der Waals surface area contributed by atoms with Gasteiger partial charge in [0.05, 0.1) is 23.8 Å². The largest absolute Gasteiger partial charge is 0.348 e. The Hall–Kier alpha value is -2.00. The van der Waals surface area contributed by atoms with E-state index in [9.17, 15) is 8.42 Å². The summed E-state index contributed by atoms with van der Waals surface area (Å²) in [7, 11) is -3.31. The summed E-state index contributed by atoms with van der Waals surface area (Å²) in [6.45, 7) is 1.89. The second kappa shape index (κ2) is 5.52. The van der Waals surface area contributed by atoms with Crippen LogP contribution >= 0.6 is 0 Å². The van der Waals surface area contributed by atoms with Gasteiger partial charge in [-0.3, -0.25) is 0 Å². The van der Waals surface area contributed by atoms with Gasteiger partial charge >= 0.3 is 0 Å². The lowest BCUT2D eigenvalue weighted by Crippen LogP contribution is -2.58. The molecule has 4 heterocycles. The molecule has 2 aromatic heterocycles. The van der Waals surface area contributed by atoms with E-state index in [1.165, 1.54) is 6.26 Å². The molecule has 2 aromatic rings. The minimum absolute atomic E-state index is 0.496. The molecule has 1 saturated heterocycles. The lowest BCUT2D eigenvalue weighted by atomic mass is 9.80. The van der Waals surface area contributed by atoms with E-state index >= 15 is 0 Å². The van der Waals surface area contributed by atoms with Crippen LogP contribution in [-0.4, -0.2) is 58.5 Å². The van der Waals surface area contributed by atoms with Crippen molar-refractivity contribution in [2.75, 3.05) is 30.8 Å². The van der Waals surface area contributed by atoms with Gasteiger partial charge < -0.3 is 9.88 Å². The highest BCUT2D eigenvalue weighted by Crippen LogP contribution is 2.43. The molecule has 0 aromatic carbocycles. The number of aromatic nitrogens is 4. The molecule has 1 N–H and O–H groups in total. The van der Waals surface area contributed by atoms with Crippen molar-refractivity contribution in [3.05, 3.63) is 36.2 Å². The maximum Gasteiger partial charge on any atom is 0.225 e. The Bertz CT molecular complexity index is 827. The number of fused-ring (bicyclic) bond motifs is 2. The van der Waals surface area contributed by atoms with Crippen LogP contribution in [0.3, 0.4) is 0 Å². The Morgan fingerprint density at radius 1 is 1.12 bits per heavy atom. The number of piperidine rings is 1. The maximum absolute atomic E-state index is 12.4. The molecule has 0 aliphatic carbocycles. The molecule has 2 aliphatic rings. The number of nitrogens with one attached hydrogen (secondary N) is 1. The van der Waals surface area contributed by atoms with E-state index < -0.39 is 15.6 Å². The van der Waals surface area contributed by atoms with E-state index in [2.05, 4.69) is 24.8 Å². The normalized spacial score (nSPS) is 21.0. The van der Waals surface area contributed by atoms with Crippen molar-refractivity contribution in [3.63, 3.8) is 0 Å². The van der Waals surface area contributed by atoms with Gasteiger partial charge in [-0.05, 0) is 18.9 Å². The number of sulfonamides is 1. The monoisotopic (exact) mass is 348 g/mol. The highest BCUT2D eigenvalue weighted by molar-refractivity contribution is 7.88. The van der Waals surface area contributed by atoms with Crippen LogP contribution in [0.15, 0.2) is 24.8 Å². The third kappa shape index (κ3) is 2.39. The minimum atomic E-state index is -3.31. The van der Waals surface area contributed by atoms with Crippen molar-refractivity contribution in [2.24, 2.45) is 0 Å². The average molecular weight is 348 g/mol. The smallest absolute Gasteiger partial charge is 0.225 e. The summed E-state index contributed by atoms with van der Waals surface area (Å²) in [6, 6.07) is 1.79. The predicted octanol–water partition coefficient (Wildman–Crippen LogP) is 0.513. The SMILES string of the molecule is CS(=O)(=O)N1CCc2[nH]cnc2C12CCN(c1ncccn1)CC2. The highest BCUT2D eigenvalue weighted by atomic mass is 32.2. The van der Waals surface area contributed by atoms with E-state index in [0.717, 1.165) is 11.4 Å². The van der Waals surface area contributed by atoms with Crippen molar-refractivity contribution in [1.82, 2.24) is 24.2 Å². The van der Waals surface area contributed by atoms with Crippen LogP contribution in [0.25, 0.3) is 0 Å². The van der Waals surface area contributed by atoms with Crippen molar-refractivity contribution in [2.45, 2.75) is 24.8 Å². The molecule has 0 saturated carbocycles. The predicted molar refractivity (Wildman–Crippen MR) is 89.0 cm³/mol. The van der Waals surface area contributed by atoms with E-state index in [0.29, 0.717) is 44.8 Å². The van der Waals surface area contributed by atoms with E-state index in [-0.39, 0.29) is 0 Å². The Kier molecular flexibility index (Phi) is 3.57. The van der Waals surface area contributed by atoms with Gasteiger partial charge in [0.25, 0.3) is 0 Å². The van der Waals surface area contributed by atoms with E-state index in [1.54, 1.807) is 29.1 Å². The number of nitrogens with zero attached hydrogens (tertiary/aromatic N) is 5. The first-order valence-corrected chi connectivity index (χ1v) is 9.88. The highest BCUT2D eigenvalue weighted by Gasteiger charge is 2.50. The quantitative estimate of drug-likeness (QED) is 0.850. The van der Waals surface area contributed by atoms with Gasteiger partial charge in [0.2, 0.25) is 16.0 Å². The van der Waals surface area contributed by atoms with Gasteiger partial charge in [0.15, 0.2) is 0 Å². The summed E-state index contributed by atoms with van der Waals surface area (Å²) < 4.78 is 26.4. The molecular formula is C15H20N6O2S. The first-order chi connectivity index (χ1) is 11.5. The number of aromatic amines is 1. The van der Waals surface area contributed by atoms with E-state index in [4.69, 9.17) is 0 Å². The summed E-state index contributed by atoms with van der Waals surface area (Å²) >= 11 is 0. The maximum atomic E-state index is 12.4. The number of rotatable bonds is 2. The molecular weight excluding hydrogens is 328 g/mol. The number of imidazole rings is 1. The standard InChI is InChI=1S/C15H20N6O2S/c1-24(22,23)21-8-3-12-13(19-11-18-12)15(21)4-9-20(10-5-15)14-16-6-2-7-17-14/h2,6-7,11H,3-5,8-10H2,1H3,(H,18,19). The van der Waals surface area contributed by atoms with Crippen LogP contribution in [0, 0.1) is 0 Å². The summed E-state index contributed by atoms with van der Waals surface area (Å²) in [6.07, 6.45) is 8.44. The number of hydrogen-bond acceptors (Lipinski definition) is 6. The Morgan fingerprint density at radius 2 is 1.83 bits per heavy atom. The molecule has 2 aliphatic heterocycles. The van der Waals surface area contributed by atoms with Crippen molar-refractivity contribution in [3.8, 4) is 0 Å². The van der Waals surface area contributed by atoms with Crippen LogP contribution < -0.4 is 4.90 Å². The second-order valence-corrected chi connectivity index (χ2v) is 8.29. The molecule has 1 fully saturated rings. The lowest BCUT2D eigenvalue weighted by molar-refractivity contribution is 0.128. The zero-order valence-corrected chi connectivity index (χ0v) is 14.3. The van der Waals surface area contributed by atoms with Crippen LogP contribution in [0.4, 0.5) is 5.95 Å². The Balaban J connectivity index is 1.68. The van der Waals surface area contributed by atoms with Crippen molar-refractivity contribution < 1.29 is 8.42 Å². The lowest BCUT2D eigenvalue weighted by Gasteiger charge is -2.49. The molecule has 0 atom stereocenters. The van der Waals surface area contributed by atoms with Gasteiger partial charge in [-0.2, -0.15) is 4.31 Å². The van der Waals surface area contributed by atoms with Crippen molar-refractivity contribution in [1.29, 1.82) is 0 Å². The van der Waals surface area contributed by atoms with Gasteiger partial charge in [-0.15, -0.1) is 0 Å².